The second-order valence-corrected chi connectivity index (χ2v) is 5.21. The Balaban J connectivity index is 2.96. The molecule has 0 radical (unpaired) electrons. The average molecular weight is 326 g/mol. The minimum atomic E-state index is -4.48. The van der Waals surface area contributed by atoms with E-state index in [4.69, 9.17) is 23.8 Å². The van der Waals surface area contributed by atoms with Gasteiger partial charge in [-0.25, -0.2) is 0 Å². The van der Waals surface area contributed by atoms with Crippen LogP contribution in [-0.4, -0.2) is 27.8 Å². The Labute approximate surface area is 126 Å². The topological polar surface area (TPSA) is 23.5 Å². The van der Waals surface area contributed by atoms with Crippen LogP contribution in [0.3, 0.4) is 0 Å². The third-order valence-corrected chi connectivity index (χ3v) is 3.55. The van der Waals surface area contributed by atoms with Crippen LogP contribution in [0.4, 0.5) is 13.2 Å². The molecule has 0 heterocycles. The number of likely N-dealkylation sites (N-methyl/N-ethyl adjacent to an activating group) is 1. The van der Waals surface area contributed by atoms with E-state index in [0.717, 1.165) is 6.07 Å². The maximum atomic E-state index is 12.8. The number of halogens is 4. The van der Waals surface area contributed by atoms with Crippen LogP contribution < -0.4 is 0 Å². The molecule has 2 nitrogen and oxygen atoms in total. The van der Waals surface area contributed by atoms with Crippen molar-refractivity contribution in [2.45, 2.75) is 32.5 Å². The van der Waals surface area contributed by atoms with Crippen molar-refractivity contribution < 1.29 is 18.3 Å². The minimum Gasteiger partial charge on any atom is -0.486 e. The Morgan fingerprint density at radius 3 is 2.50 bits per heavy atom. The van der Waals surface area contributed by atoms with Gasteiger partial charge in [-0.15, -0.1) is 0 Å². The summed E-state index contributed by atoms with van der Waals surface area (Å²) in [4.78, 5) is 1.54. The van der Waals surface area contributed by atoms with Crippen molar-refractivity contribution in [1.29, 1.82) is 0 Å². The van der Waals surface area contributed by atoms with Gasteiger partial charge in [0.1, 0.15) is 0 Å². The van der Waals surface area contributed by atoms with Crippen LogP contribution in [-0.2, 0) is 12.6 Å². The maximum absolute atomic E-state index is 12.8. The number of rotatable bonds is 4. The van der Waals surface area contributed by atoms with Crippen molar-refractivity contribution in [3.05, 3.63) is 34.3 Å². The van der Waals surface area contributed by atoms with Gasteiger partial charge in [0.25, 0.3) is 5.17 Å². The van der Waals surface area contributed by atoms with Crippen molar-refractivity contribution in [2.24, 2.45) is 0 Å². The van der Waals surface area contributed by atoms with Gasteiger partial charge in [-0.2, -0.15) is 13.2 Å². The van der Waals surface area contributed by atoms with Gasteiger partial charge >= 0.3 is 6.18 Å². The zero-order valence-corrected chi connectivity index (χ0v) is 12.6. The van der Waals surface area contributed by atoms with E-state index in [1.54, 1.807) is 13.0 Å². The summed E-state index contributed by atoms with van der Waals surface area (Å²) in [5, 5.41) is 8.77. The molecule has 7 heteroatoms. The predicted octanol–water partition coefficient (Wildman–Crippen LogP) is 4.45. The van der Waals surface area contributed by atoms with Crippen LogP contribution in [0.25, 0.3) is 0 Å². The van der Waals surface area contributed by atoms with E-state index in [1.165, 1.54) is 11.0 Å². The maximum Gasteiger partial charge on any atom is 0.417 e. The molecule has 0 bridgehead atoms. The molecule has 0 amide bonds. The summed E-state index contributed by atoms with van der Waals surface area (Å²) < 4.78 is 38.3. The van der Waals surface area contributed by atoms with Gasteiger partial charge in [0.05, 0.1) is 10.6 Å². The van der Waals surface area contributed by atoms with Crippen molar-refractivity contribution in [1.82, 2.24) is 4.90 Å². The fourth-order valence-electron chi connectivity index (χ4n) is 2.00. The number of hydrogen-bond acceptors (Lipinski definition) is 1. The molecular formula is C13H15ClF3NOS. The molecule has 1 rings (SSSR count). The normalized spacial score (nSPS) is 13.1. The molecule has 1 aromatic carbocycles. The number of nitrogens with zero attached hydrogens (tertiary/aromatic N) is 1. The largest absolute Gasteiger partial charge is 0.486 e. The van der Waals surface area contributed by atoms with Gasteiger partial charge in [-0.1, -0.05) is 17.7 Å². The third-order valence-electron chi connectivity index (χ3n) is 2.99. The molecule has 1 N–H and O–H groups in total. The molecule has 0 fully saturated rings. The number of thiocarbonyl (C=S) groups is 1. The Bertz CT molecular complexity index is 493. The van der Waals surface area contributed by atoms with E-state index in [0.29, 0.717) is 18.5 Å². The Kier molecular flexibility index (Phi) is 5.65. The lowest BCUT2D eigenvalue weighted by molar-refractivity contribution is -0.137. The molecule has 0 aliphatic rings. The average Bonchev–Trinajstić information content (AvgIpc) is 2.30. The van der Waals surface area contributed by atoms with Crippen LogP contribution >= 0.6 is 23.8 Å². The van der Waals surface area contributed by atoms with Gasteiger partial charge in [0, 0.05) is 12.6 Å². The standard InChI is InChI=1S/C13H15ClF3NOS/c1-3-18(12(19)20)8(2)6-9-4-5-11(14)10(7-9)13(15,16)17/h4-5,7-8H,3,6H2,1-2H3,(H,19,20). The molecule has 0 spiro atoms. The molecule has 1 atom stereocenters. The predicted molar refractivity (Wildman–Crippen MR) is 77.2 cm³/mol. The summed E-state index contributed by atoms with van der Waals surface area (Å²) in [5.41, 5.74) is -0.359. The molecule has 1 aromatic rings. The fourth-order valence-corrected chi connectivity index (χ4v) is 2.54. The molecule has 0 aliphatic carbocycles. The highest BCUT2D eigenvalue weighted by atomic mass is 35.5. The van der Waals surface area contributed by atoms with Gasteiger partial charge in [0.2, 0.25) is 0 Å². The molecule has 20 heavy (non-hydrogen) atoms. The highest BCUT2D eigenvalue weighted by Crippen LogP contribution is 2.35. The molecule has 0 aromatic heterocycles. The second kappa shape index (κ2) is 6.63. The van der Waals surface area contributed by atoms with E-state index in [9.17, 15) is 18.3 Å². The molecule has 1 unspecified atom stereocenters. The van der Waals surface area contributed by atoms with E-state index >= 15 is 0 Å². The van der Waals surface area contributed by atoms with Crippen LogP contribution in [0.15, 0.2) is 18.2 Å². The number of alkyl halides is 3. The summed E-state index contributed by atoms with van der Waals surface area (Å²) in [6, 6.07) is 3.61. The Morgan fingerprint density at radius 1 is 1.45 bits per heavy atom. The van der Waals surface area contributed by atoms with E-state index in [2.05, 4.69) is 0 Å². The highest BCUT2D eigenvalue weighted by molar-refractivity contribution is 7.79. The summed E-state index contributed by atoms with van der Waals surface area (Å²) in [7, 11) is 0. The zero-order valence-electron chi connectivity index (χ0n) is 11.0. The first-order valence-corrected chi connectivity index (χ1v) is 6.80. The van der Waals surface area contributed by atoms with Crippen LogP contribution in [0, 0.1) is 0 Å². The zero-order chi connectivity index (χ0) is 15.5. The van der Waals surface area contributed by atoms with Crippen LogP contribution in [0.5, 0.6) is 0 Å². The van der Waals surface area contributed by atoms with E-state index < -0.39 is 11.7 Å². The molecule has 112 valence electrons. The Hall–Kier alpha value is -1.01. The minimum absolute atomic E-state index is 0.209. The van der Waals surface area contributed by atoms with Crippen molar-refractivity contribution in [2.75, 3.05) is 6.54 Å². The van der Waals surface area contributed by atoms with Gasteiger partial charge in [-0.3, -0.25) is 0 Å². The van der Waals surface area contributed by atoms with Gasteiger partial charge < -0.3 is 10.0 Å². The van der Waals surface area contributed by atoms with Gasteiger partial charge in [0.15, 0.2) is 0 Å². The van der Waals surface area contributed by atoms with Crippen molar-refractivity contribution in [3.63, 3.8) is 0 Å². The SMILES string of the molecule is CCN(C(O)=S)C(C)Cc1ccc(Cl)c(C(F)(F)F)c1. The van der Waals surface area contributed by atoms with Gasteiger partial charge in [-0.05, 0) is 50.2 Å². The number of benzene rings is 1. The number of hydrogen-bond donors (Lipinski definition) is 1. The van der Waals surface area contributed by atoms with Crippen LogP contribution in [0.1, 0.15) is 25.0 Å². The molecule has 0 saturated heterocycles. The first kappa shape index (κ1) is 17.0. The first-order chi connectivity index (χ1) is 9.16. The lowest BCUT2D eigenvalue weighted by atomic mass is 10.0. The number of aliphatic hydroxyl groups is 1. The highest BCUT2D eigenvalue weighted by Gasteiger charge is 2.33. The summed E-state index contributed by atoms with van der Waals surface area (Å²) >= 11 is 10.3. The van der Waals surface area contributed by atoms with Crippen molar-refractivity contribution in [3.8, 4) is 0 Å². The monoisotopic (exact) mass is 325 g/mol. The van der Waals surface area contributed by atoms with Crippen molar-refractivity contribution >= 4 is 29.0 Å². The Morgan fingerprint density at radius 2 is 2.05 bits per heavy atom. The van der Waals surface area contributed by atoms with Crippen LogP contribution in [0.2, 0.25) is 5.02 Å². The molecular weight excluding hydrogens is 311 g/mol. The number of aliphatic hydroxyl groups excluding tert-OH is 1. The lowest BCUT2D eigenvalue weighted by Crippen LogP contribution is -2.38. The fraction of sp³-hybridized carbons (Fsp3) is 0.462. The third kappa shape index (κ3) is 4.24. The summed E-state index contributed by atoms with van der Waals surface area (Å²) in [6.45, 7) is 4.08. The van der Waals surface area contributed by atoms with E-state index in [1.807, 2.05) is 6.92 Å². The summed E-state index contributed by atoms with van der Waals surface area (Å²) in [6.07, 6.45) is -4.15. The first-order valence-electron chi connectivity index (χ1n) is 6.02. The smallest absolute Gasteiger partial charge is 0.417 e. The van der Waals surface area contributed by atoms with E-state index in [-0.39, 0.29) is 16.2 Å². The molecule has 0 aliphatic heterocycles. The molecule has 0 saturated carbocycles. The summed E-state index contributed by atoms with van der Waals surface area (Å²) in [5.74, 6) is 0. The second-order valence-electron chi connectivity index (χ2n) is 4.43. The lowest BCUT2D eigenvalue weighted by Gasteiger charge is -2.27. The quantitative estimate of drug-likeness (QED) is 0.827.